The van der Waals surface area contributed by atoms with Gasteiger partial charge in [-0.2, -0.15) is 30.7 Å². The summed E-state index contributed by atoms with van der Waals surface area (Å²) in [5.41, 5.74) is 7.70. The maximum absolute atomic E-state index is 9.59. The first kappa shape index (κ1) is 23.6. The molecule has 0 aromatic heterocycles. The second-order valence-corrected chi connectivity index (χ2v) is 8.75. The highest BCUT2D eigenvalue weighted by Gasteiger charge is 2.29. The lowest BCUT2D eigenvalue weighted by Crippen LogP contribution is -2.22. The Kier molecular flexibility index (Phi) is 5.87. The highest BCUT2D eigenvalue weighted by atomic mass is 14.9. The first-order chi connectivity index (χ1) is 18.6. The number of allylic oxidation sites excluding steroid dienone is 3. The van der Waals surface area contributed by atoms with Gasteiger partial charge in [-0.05, 0) is 86.2 Å². The van der Waals surface area contributed by atoms with Gasteiger partial charge in [0.15, 0.2) is 0 Å². The third-order valence-electron chi connectivity index (χ3n) is 6.81. The molecule has 5 rings (SSSR count). The lowest BCUT2D eigenvalue weighted by Gasteiger charge is -2.16. The van der Waals surface area contributed by atoms with Crippen LogP contribution in [0.25, 0.3) is 44.1 Å². The van der Waals surface area contributed by atoms with E-state index in [4.69, 9.17) is 13.1 Å². The van der Waals surface area contributed by atoms with E-state index in [0.29, 0.717) is 35.1 Å². The van der Waals surface area contributed by atoms with Gasteiger partial charge in [0.05, 0.1) is 28.8 Å². The van der Waals surface area contributed by atoms with Crippen molar-refractivity contribution in [3.63, 3.8) is 0 Å². The van der Waals surface area contributed by atoms with Crippen molar-refractivity contribution in [2.75, 3.05) is 0 Å². The molecule has 0 N–H and O–H groups in total. The quantitative estimate of drug-likeness (QED) is 0.385. The molecule has 0 fully saturated rings. The van der Waals surface area contributed by atoms with Gasteiger partial charge in [0.25, 0.3) is 0 Å². The minimum Gasteiger partial charge on any atom is -0.192 e. The molecular formula is C32H14N6. The van der Waals surface area contributed by atoms with Gasteiger partial charge in [-0.1, -0.05) is 30.3 Å². The predicted molar refractivity (Wildman–Crippen MR) is 141 cm³/mol. The molecule has 0 heterocycles. The molecule has 2 aliphatic rings. The van der Waals surface area contributed by atoms with Crippen LogP contribution in [0.4, 0.5) is 0 Å². The van der Waals surface area contributed by atoms with Crippen molar-refractivity contribution >= 4 is 12.2 Å². The summed E-state index contributed by atoms with van der Waals surface area (Å²) in [5, 5.41) is 39.5. The molecule has 0 saturated heterocycles. The van der Waals surface area contributed by atoms with E-state index in [9.17, 15) is 21.0 Å². The normalized spacial score (nSPS) is 12.2. The molecule has 3 aromatic rings. The molecule has 0 saturated carbocycles. The Labute approximate surface area is 219 Å². The van der Waals surface area contributed by atoms with E-state index in [1.807, 2.05) is 48.6 Å². The second-order valence-electron chi connectivity index (χ2n) is 8.75. The summed E-state index contributed by atoms with van der Waals surface area (Å²) in [5.74, 6) is 0.0127. The minimum absolute atomic E-state index is 0.0127. The number of nitrogens with zero attached hydrogens (tertiary/aromatic N) is 6. The summed E-state index contributed by atoms with van der Waals surface area (Å²) in [7, 11) is 0. The van der Waals surface area contributed by atoms with E-state index in [1.54, 1.807) is 24.3 Å². The molecule has 0 aliphatic heterocycles. The lowest BCUT2D eigenvalue weighted by molar-refractivity contribution is 1.18. The van der Waals surface area contributed by atoms with Gasteiger partial charge in [-0.25, -0.2) is 0 Å². The van der Waals surface area contributed by atoms with Gasteiger partial charge in [-0.3, -0.25) is 0 Å². The zero-order chi connectivity index (χ0) is 26.8. The van der Waals surface area contributed by atoms with E-state index < -0.39 is 0 Å². The van der Waals surface area contributed by atoms with E-state index >= 15 is 0 Å². The van der Waals surface area contributed by atoms with E-state index in [1.165, 1.54) is 0 Å². The highest BCUT2D eigenvalue weighted by molar-refractivity contribution is 5.87. The molecule has 0 spiro atoms. The minimum atomic E-state index is 0.0127. The van der Waals surface area contributed by atoms with E-state index in [2.05, 4.69) is 21.8 Å². The molecular weight excluding hydrogens is 468 g/mol. The lowest BCUT2D eigenvalue weighted by atomic mass is 9.87. The maximum Gasteiger partial charge on any atom is 0.522 e. The van der Waals surface area contributed by atoms with Crippen molar-refractivity contribution in [3.8, 4) is 46.5 Å². The fraction of sp³-hybridized carbons (Fsp3) is 0.0625. The van der Waals surface area contributed by atoms with Crippen LogP contribution in [0.2, 0.25) is 0 Å². The topological polar surface area (TPSA) is 104 Å². The zero-order valence-electron chi connectivity index (χ0n) is 19.9. The number of benzene rings is 3. The Morgan fingerprint density at radius 1 is 0.632 bits per heavy atom. The van der Waals surface area contributed by atoms with Crippen LogP contribution in [0.5, 0.6) is 0 Å². The molecule has 172 valence electrons. The Morgan fingerprint density at radius 2 is 1.05 bits per heavy atom. The fourth-order valence-corrected chi connectivity index (χ4v) is 5.14. The number of nitriles is 4. The Hall–Kier alpha value is -6.18. The van der Waals surface area contributed by atoms with Crippen molar-refractivity contribution < 1.29 is 0 Å². The highest BCUT2D eigenvalue weighted by Crippen LogP contribution is 2.35. The average Bonchev–Trinajstić information content (AvgIpc) is 3.58. The van der Waals surface area contributed by atoms with Gasteiger partial charge in [0.1, 0.15) is 30.9 Å². The number of hydrogen-bond acceptors (Lipinski definition) is 4. The van der Waals surface area contributed by atoms with Crippen LogP contribution >= 0.6 is 0 Å². The molecule has 38 heavy (non-hydrogen) atoms. The largest absolute Gasteiger partial charge is 0.522 e. The molecule has 0 unspecified atom stereocenters. The van der Waals surface area contributed by atoms with Gasteiger partial charge < -0.3 is 0 Å². The van der Waals surface area contributed by atoms with Gasteiger partial charge >= 0.3 is 5.82 Å². The molecule has 2 aliphatic carbocycles. The molecule has 6 heteroatoms. The second kappa shape index (κ2) is 9.46. The molecule has 0 amide bonds. The molecule has 6 nitrogen and oxygen atoms in total. The van der Waals surface area contributed by atoms with Gasteiger partial charge in [-0.15, -0.1) is 0 Å². The summed E-state index contributed by atoms with van der Waals surface area (Å²) in [6.07, 6.45) is 4.50. The van der Waals surface area contributed by atoms with Crippen LogP contribution in [0.3, 0.4) is 0 Å². The van der Waals surface area contributed by atoms with Crippen LogP contribution in [-0.4, -0.2) is 0 Å². The molecule has 0 bridgehead atoms. The van der Waals surface area contributed by atoms with Crippen LogP contribution in [-0.2, 0) is 12.8 Å². The summed E-state index contributed by atoms with van der Waals surface area (Å²) >= 11 is 0. The molecule has 3 aromatic carbocycles. The van der Waals surface area contributed by atoms with Gasteiger partial charge in [0.2, 0.25) is 0 Å². The maximum atomic E-state index is 9.59. The summed E-state index contributed by atoms with van der Waals surface area (Å²) in [6.45, 7) is 15.0. The van der Waals surface area contributed by atoms with Crippen LogP contribution < -0.4 is 10.4 Å². The molecule has 0 radical (unpaired) electrons. The smallest absolute Gasteiger partial charge is 0.192 e. The van der Waals surface area contributed by atoms with Crippen molar-refractivity contribution in [3.05, 3.63) is 127 Å². The standard InChI is InChI=1S/C32H14N6/c1-37-32(38-2)24-13-28-29(14-24)31(22-9-5-20(16-34)6-10-22)27-12-23(25(17-35)18-36)11-26(27)30(28)21-7-3-19(15-33)4-8-21/h3-11,14H,12-13H2. The first-order valence-electron chi connectivity index (χ1n) is 11.5. The monoisotopic (exact) mass is 482 g/mol. The summed E-state index contributed by atoms with van der Waals surface area (Å²) in [4.78, 5) is 6.89. The third-order valence-corrected chi connectivity index (χ3v) is 6.81. The first-order valence-corrected chi connectivity index (χ1v) is 11.5. The number of fused-ring (bicyclic) bond motifs is 2. The Balaban J connectivity index is 1.96. The fourth-order valence-electron chi connectivity index (χ4n) is 5.14. The molecule has 0 atom stereocenters. The number of rotatable bonds is 2. The SMILES string of the molecule is [C-]#[N+]C([N+]#[C-])=C1C=c2c(c(-c3ccc(C#N)cc3)c3c(c2-c2ccc(C#N)cc2)CC(=C(C#N)C#N)C=3)C1. The predicted octanol–water partition coefficient (Wildman–Crippen LogP) is 4.83. The van der Waals surface area contributed by atoms with Crippen molar-refractivity contribution in [1.29, 1.82) is 21.0 Å². The van der Waals surface area contributed by atoms with E-state index in [-0.39, 0.29) is 11.4 Å². The number of hydrogen-bond donors (Lipinski definition) is 0. The van der Waals surface area contributed by atoms with Crippen LogP contribution in [0.1, 0.15) is 22.3 Å². The van der Waals surface area contributed by atoms with Crippen molar-refractivity contribution in [2.24, 2.45) is 0 Å². The van der Waals surface area contributed by atoms with E-state index in [0.717, 1.165) is 43.8 Å². The summed E-state index contributed by atoms with van der Waals surface area (Å²) < 4.78 is 0. The Morgan fingerprint density at radius 3 is 1.45 bits per heavy atom. The van der Waals surface area contributed by atoms with Crippen molar-refractivity contribution in [2.45, 2.75) is 12.8 Å². The Bertz CT molecular complexity index is 1820. The van der Waals surface area contributed by atoms with Crippen LogP contribution in [0, 0.1) is 58.5 Å². The summed E-state index contributed by atoms with van der Waals surface area (Å²) in [6, 6.07) is 22.7. The van der Waals surface area contributed by atoms with Crippen molar-refractivity contribution in [1.82, 2.24) is 0 Å². The average molecular weight is 483 g/mol. The third kappa shape index (κ3) is 3.70. The van der Waals surface area contributed by atoms with Gasteiger partial charge in [0, 0.05) is 6.42 Å². The van der Waals surface area contributed by atoms with Crippen LogP contribution in [0.15, 0.2) is 71.1 Å². The zero-order valence-corrected chi connectivity index (χ0v) is 19.9.